The molecule has 3 aromatic carbocycles. The van der Waals surface area contributed by atoms with Crippen molar-refractivity contribution >= 4 is 22.3 Å². The number of pyridine rings is 1. The van der Waals surface area contributed by atoms with Crippen LogP contribution in [0.15, 0.2) is 79.1 Å². The average molecular weight is 544 g/mol. The molecular weight excluding hydrogens is 515 g/mol. The lowest BCUT2D eigenvalue weighted by atomic mass is 10.0. The highest BCUT2D eigenvalue weighted by atomic mass is 19.1. The largest absolute Gasteiger partial charge is 0.377 e. The molecule has 2 heterocycles. The Balaban J connectivity index is 1.47. The van der Waals surface area contributed by atoms with Gasteiger partial charge < -0.3 is 10.6 Å². The highest BCUT2D eigenvalue weighted by molar-refractivity contribution is 5.96. The number of aromatic nitrogens is 4. The molecule has 0 spiro atoms. The Labute approximate surface area is 238 Å². The minimum atomic E-state index is -1.70. The van der Waals surface area contributed by atoms with Crippen LogP contribution < -0.4 is 10.6 Å². The maximum absolute atomic E-state index is 15.7. The maximum Gasteiger partial charge on any atom is 0.151 e. The van der Waals surface area contributed by atoms with E-state index in [1.54, 1.807) is 41.2 Å². The lowest BCUT2D eigenvalue weighted by Crippen LogP contribution is -2.14. The van der Waals surface area contributed by atoms with Crippen molar-refractivity contribution in [2.24, 2.45) is 0 Å². The first kappa shape index (κ1) is 24.7. The van der Waals surface area contributed by atoms with Crippen molar-refractivity contribution in [3.63, 3.8) is 0 Å². The summed E-state index contributed by atoms with van der Waals surface area (Å²) < 4.78 is 27.0. The second kappa shape index (κ2) is 11.1. The molecule has 0 radical (unpaired) electrons. The maximum atomic E-state index is 15.7. The van der Waals surface area contributed by atoms with Crippen LogP contribution in [-0.2, 0) is 0 Å². The molecule has 1 saturated carbocycles. The van der Waals surface area contributed by atoms with Gasteiger partial charge in [-0.1, -0.05) is 54.6 Å². The second-order valence-corrected chi connectivity index (χ2v) is 10.0. The van der Waals surface area contributed by atoms with E-state index >= 15 is 4.39 Å². The highest BCUT2D eigenvalue weighted by Gasteiger charge is 2.27. The molecule has 6 rings (SSSR count). The summed E-state index contributed by atoms with van der Waals surface area (Å²) >= 11 is 0. The molecule has 0 amide bonds. The summed E-state index contributed by atoms with van der Waals surface area (Å²) in [6.07, 6.45) is 5.81. The van der Waals surface area contributed by atoms with E-state index in [1.165, 1.54) is 12.3 Å². The van der Waals surface area contributed by atoms with Gasteiger partial charge >= 0.3 is 0 Å². The van der Waals surface area contributed by atoms with Gasteiger partial charge in [-0.05, 0) is 54.7 Å². The topological polar surface area (TPSA) is 115 Å². The van der Waals surface area contributed by atoms with Gasteiger partial charge in [-0.2, -0.15) is 10.5 Å². The molecule has 0 bridgehead atoms. The Morgan fingerprint density at radius 2 is 1.85 bits per heavy atom. The van der Waals surface area contributed by atoms with E-state index in [4.69, 9.17) is 0 Å². The number of rotatable bonds is 9. The number of anilines is 2. The van der Waals surface area contributed by atoms with Crippen LogP contribution in [-0.4, -0.2) is 20.0 Å². The molecule has 8 nitrogen and oxygen atoms in total. The van der Waals surface area contributed by atoms with Crippen LogP contribution in [0, 0.1) is 28.5 Å². The number of nitrogens with zero attached hydrogens (tertiary/aromatic N) is 6. The van der Waals surface area contributed by atoms with Gasteiger partial charge in [0.2, 0.25) is 0 Å². The number of halogens is 1. The zero-order valence-electron chi connectivity index (χ0n) is 23.3. The minimum absolute atomic E-state index is 0.103. The normalized spacial score (nSPS) is 15.3. The first-order chi connectivity index (χ1) is 20.4. The molecule has 41 heavy (non-hydrogen) atoms. The Bertz CT molecular complexity index is 1850. The fourth-order valence-corrected chi connectivity index (χ4v) is 4.93. The lowest BCUT2D eigenvalue weighted by molar-refractivity contribution is 0.610. The van der Waals surface area contributed by atoms with Crippen molar-refractivity contribution in [1.82, 2.24) is 20.0 Å². The molecule has 9 heteroatoms. The quantitative estimate of drug-likeness (QED) is 0.210. The number of nitriles is 2. The van der Waals surface area contributed by atoms with Crippen molar-refractivity contribution in [1.29, 1.82) is 10.5 Å². The van der Waals surface area contributed by atoms with Gasteiger partial charge in [0.1, 0.15) is 17.3 Å². The number of benzene rings is 3. The molecule has 202 valence electrons. The Hall–Kier alpha value is -5.28. The fraction of sp³-hybridized carbons (Fsp3) is 0.219. The molecular formula is C32H27FN8. The molecule has 2 N–H and O–H groups in total. The zero-order valence-corrected chi connectivity index (χ0v) is 22.3. The minimum Gasteiger partial charge on any atom is -0.377 e. The predicted octanol–water partition coefficient (Wildman–Crippen LogP) is 6.81. The van der Waals surface area contributed by atoms with Gasteiger partial charge in [-0.25, -0.2) is 9.07 Å². The van der Waals surface area contributed by atoms with Crippen LogP contribution in [0.25, 0.3) is 10.9 Å². The lowest BCUT2D eigenvalue weighted by Gasteiger charge is -2.22. The molecule has 0 saturated heterocycles. The monoisotopic (exact) mass is 543 g/mol. The van der Waals surface area contributed by atoms with E-state index in [1.807, 2.05) is 37.3 Å². The first-order valence-corrected chi connectivity index (χ1v) is 13.5. The fourth-order valence-electron chi connectivity index (χ4n) is 4.93. The number of fused-ring (bicyclic) bond motifs is 1. The third-order valence-electron chi connectivity index (χ3n) is 7.21. The second-order valence-electron chi connectivity index (χ2n) is 10.0. The van der Waals surface area contributed by atoms with Crippen molar-refractivity contribution in [2.75, 3.05) is 10.6 Å². The summed E-state index contributed by atoms with van der Waals surface area (Å²) in [5, 5.41) is 35.1. The van der Waals surface area contributed by atoms with Crippen LogP contribution in [0.1, 0.15) is 73.6 Å². The first-order valence-electron chi connectivity index (χ1n) is 14.0. The van der Waals surface area contributed by atoms with E-state index < -0.39 is 11.8 Å². The van der Waals surface area contributed by atoms with Crippen LogP contribution in [0.5, 0.6) is 0 Å². The Morgan fingerprint density at radius 3 is 2.59 bits per heavy atom. The van der Waals surface area contributed by atoms with Crippen molar-refractivity contribution in [2.45, 2.75) is 44.3 Å². The van der Waals surface area contributed by atoms with E-state index in [2.05, 4.69) is 38.1 Å². The van der Waals surface area contributed by atoms with E-state index in [0.717, 1.165) is 24.8 Å². The highest BCUT2D eigenvalue weighted by Crippen LogP contribution is 2.37. The smallest absolute Gasteiger partial charge is 0.151 e. The molecule has 1 aliphatic carbocycles. The van der Waals surface area contributed by atoms with Crippen molar-refractivity contribution in [3.8, 4) is 12.1 Å². The zero-order chi connectivity index (χ0) is 29.3. The van der Waals surface area contributed by atoms with Gasteiger partial charge in [-0.3, -0.25) is 4.98 Å². The molecule has 1 fully saturated rings. The molecule has 0 aliphatic heterocycles. The van der Waals surface area contributed by atoms with Crippen LogP contribution >= 0.6 is 0 Å². The molecule has 5 aromatic rings. The van der Waals surface area contributed by atoms with Gasteiger partial charge in [0, 0.05) is 17.3 Å². The average Bonchev–Trinajstić information content (AvgIpc) is 3.75. The number of nitrogens with one attached hydrogen (secondary N) is 2. The number of hydrogen-bond donors (Lipinski definition) is 2. The Kier molecular flexibility index (Phi) is 6.68. The van der Waals surface area contributed by atoms with E-state index in [0.29, 0.717) is 27.9 Å². The SMILES string of the molecule is [2H][C@](Nc1cc(F)c2ncc(C#N)c(N[C@H](CC)c3ccccc3)c2c1)(c1cccc(C#N)c1)c1cn(C2CC2)nn1. The van der Waals surface area contributed by atoms with Crippen LogP contribution in [0.3, 0.4) is 0 Å². The summed E-state index contributed by atoms with van der Waals surface area (Å²) in [5.41, 5.74) is 3.29. The number of hydrogen-bond acceptors (Lipinski definition) is 7. The third kappa shape index (κ3) is 5.30. The van der Waals surface area contributed by atoms with E-state index in [9.17, 15) is 11.9 Å². The molecule has 0 unspecified atom stereocenters. The summed E-state index contributed by atoms with van der Waals surface area (Å²) in [7, 11) is 0. The molecule has 2 aromatic heterocycles. The predicted molar refractivity (Wildman–Crippen MR) is 154 cm³/mol. The third-order valence-corrected chi connectivity index (χ3v) is 7.21. The summed E-state index contributed by atoms with van der Waals surface area (Å²) in [4.78, 5) is 4.25. The van der Waals surface area contributed by atoms with Gasteiger partial charge in [0.05, 0.1) is 48.6 Å². The standard InChI is InChI=1S/C32H27FN8/c1-2-28(21-8-4-3-5-9-21)38-30-23(17-35)18-36-32-26(30)14-24(15-27(32)33)37-31(22-10-6-7-20(13-22)16-34)29-19-41(40-39-29)25-11-12-25/h3-10,13-15,18-19,25,28,31,37H,2,11-12H2,1H3,(H,36,38)/t28-,31+/m1/s1/i31D. The molecule has 1 aliphatic rings. The van der Waals surface area contributed by atoms with Crippen LogP contribution in [0.2, 0.25) is 0 Å². The van der Waals surface area contributed by atoms with Crippen LogP contribution in [0.4, 0.5) is 15.8 Å². The summed E-state index contributed by atoms with van der Waals surface area (Å²) in [5.74, 6) is -0.606. The van der Waals surface area contributed by atoms with Gasteiger partial charge in [-0.15, -0.1) is 5.10 Å². The summed E-state index contributed by atoms with van der Waals surface area (Å²) in [6, 6.07) is 22.2. The molecule has 2 atom stereocenters. The summed E-state index contributed by atoms with van der Waals surface area (Å²) in [6.45, 7) is 2.03. The van der Waals surface area contributed by atoms with Gasteiger partial charge in [0.25, 0.3) is 0 Å². The van der Waals surface area contributed by atoms with Crippen molar-refractivity contribution < 1.29 is 5.76 Å². The van der Waals surface area contributed by atoms with E-state index in [-0.39, 0.29) is 28.9 Å². The Morgan fingerprint density at radius 1 is 1.05 bits per heavy atom. The van der Waals surface area contributed by atoms with Gasteiger partial charge in [0.15, 0.2) is 5.82 Å². The van der Waals surface area contributed by atoms with Crippen molar-refractivity contribution in [3.05, 3.63) is 113 Å².